The molecule has 2 aromatic rings. The van der Waals surface area contributed by atoms with Crippen molar-refractivity contribution in [2.24, 2.45) is 0 Å². The molecule has 0 aliphatic heterocycles. The number of para-hydroxylation sites is 1. The maximum Gasteiger partial charge on any atom is 0.417 e. The molecule has 0 fully saturated rings. The molecule has 0 saturated carbocycles. The van der Waals surface area contributed by atoms with Crippen LogP contribution in [-0.2, 0) is 22.3 Å². The molecule has 0 atom stereocenters. The van der Waals surface area contributed by atoms with E-state index < -0.39 is 28.6 Å². The Hall–Kier alpha value is -2.74. The number of hydrogen-bond donors (Lipinski definition) is 3. The van der Waals surface area contributed by atoms with Crippen LogP contribution in [0.1, 0.15) is 11.1 Å². The minimum atomic E-state index is -4.60. The van der Waals surface area contributed by atoms with Gasteiger partial charge in [-0.2, -0.15) is 13.2 Å². The molecule has 25 heavy (non-hydrogen) atoms. The maximum absolute atomic E-state index is 12.8. The summed E-state index contributed by atoms with van der Waals surface area (Å²) >= 11 is 5.51. The van der Waals surface area contributed by atoms with E-state index in [1.807, 2.05) is 0 Å². The summed E-state index contributed by atoms with van der Waals surface area (Å²) < 4.78 is 38.3. The number of benzene rings is 2. The highest BCUT2D eigenvalue weighted by atomic mass is 35.5. The highest BCUT2D eigenvalue weighted by Gasteiger charge is 2.33. The zero-order chi connectivity index (χ0) is 18.4. The number of hydrazine groups is 1. The first kappa shape index (κ1) is 18.6. The van der Waals surface area contributed by atoms with Gasteiger partial charge in [0.2, 0.25) is 0 Å². The van der Waals surface area contributed by atoms with Gasteiger partial charge in [0.15, 0.2) is 0 Å². The number of amides is 2. The fourth-order valence-corrected chi connectivity index (χ4v) is 2.09. The standard InChI is InChI=1S/C16H13ClF3N3O2/c17-13-7-6-10(8-12(13)16(18,19)20)9-21-14(24)15(25)23-22-11-4-2-1-3-5-11/h1-8,22H,9H2,(H,21,24)(H,23,25). The van der Waals surface area contributed by atoms with E-state index in [1.165, 1.54) is 6.07 Å². The second-order valence-electron chi connectivity index (χ2n) is 4.94. The van der Waals surface area contributed by atoms with Crippen LogP contribution >= 0.6 is 11.6 Å². The van der Waals surface area contributed by atoms with Gasteiger partial charge >= 0.3 is 18.0 Å². The first-order chi connectivity index (χ1) is 11.8. The van der Waals surface area contributed by atoms with E-state index in [1.54, 1.807) is 30.3 Å². The van der Waals surface area contributed by atoms with Gasteiger partial charge in [-0.25, -0.2) is 0 Å². The van der Waals surface area contributed by atoms with Crippen LogP contribution in [0.15, 0.2) is 48.5 Å². The summed E-state index contributed by atoms with van der Waals surface area (Å²) in [5.74, 6) is -1.97. The van der Waals surface area contributed by atoms with Crippen molar-refractivity contribution in [3.63, 3.8) is 0 Å². The van der Waals surface area contributed by atoms with Crippen LogP contribution in [0.5, 0.6) is 0 Å². The zero-order valence-electron chi connectivity index (χ0n) is 12.7. The Bertz CT molecular complexity index is 767. The molecule has 9 heteroatoms. The SMILES string of the molecule is O=C(NCc1ccc(Cl)c(C(F)(F)F)c1)C(=O)NNc1ccccc1. The summed E-state index contributed by atoms with van der Waals surface area (Å²) in [6.07, 6.45) is -4.60. The molecule has 2 aromatic carbocycles. The lowest BCUT2D eigenvalue weighted by molar-refractivity contribution is -0.139. The number of halogens is 4. The van der Waals surface area contributed by atoms with Gasteiger partial charge in [0.1, 0.15) is 0 Å². The second-order valence-corrected chi connectivity index (χ2v) is 5.35. The molecule has 0 aliphatic carbocycles. The predicted octanol–water partition coefficient (Wildman–Crippen LogP) is 3.12. The van der Waals surface area contributed by atoms with Crippen molar-refractivity contribution in [2.45, 2.75) is 12.7 Å². The van der Waals surface area contributed by atoms with Gasteiger partial charge in [-0.05, 0) is 29.8 Å². The van der Waals surface area contributed by atoms with Crippen molar-refractivity contribution < 1.29 is 22.8 Å². The van der Waals surface area contributed by atoms with Gasteiger partial charge in [-0.15, -0.1) is 0 Å². The summed E-state index contributed by atoms with van der Waals surface area (Å²) in [7, 11) is 0. The van der Waals surface area contributed by atoms with Gasteiger partial charge < -0.3 is 5.32 Å². The van der Waals surface area contributed by atoms with E-state index >= 15 is 0 Å². The predicted molar refractivity (Wildman–Crippen MR) is 86.5 cm³/mol. The average Bonchev–Trinajstić information content (AvgIpc) is 2.58. The number of carbonyl (C=O) groups excluding carboxylic acids is 2. The van der Waals surface area contributed by atoms with Gasteiger partial charge in [-0.1, -0.05) is 35.9 Å². The lowest BCUT2D eigenvalue weighted by Gasteiger charge is -2.12. The van der Waals surface area contributed by atoms with Crippen molar-refractivity contribution in [3.8, 4) is 0 Å². The van der Waals surface area contributed by atoms with E-state index in [4.69, 9.17) is 11.6 Å². The average molecular weight is 372 g/mol. The Morgan fingerprint density at radius 1 is 1.00 bits per heavy atom. The number of nitrogens with one attached hydrogen (secondary N) is 3. The Morgan fingerprint density at radius 2 is 1.68 bits per heavy atom. The van der Waals surface area contributed by atoms with E-state index in [9.17, 15) is 22.8 Å². The largest absolute Gasteiger partial charge is 0.417 e. The summed E-state index contributed by atoms with van der Waals surface area (Å²) in [5.41, 5.74) is 4.43. The monoisotopic (exact) mass is 371 g/mol. The molecule has 5 nitrogen and oxygen atoms in total. The molecular formula is C16H13ClF3N3O2. The molecule has 0 saturated heterocycles. The first-order valence-corrected chi connectivity index (χ1v) is 7.40. The molecule has 0 bridgehead atoms. The third-order valence-electron chi connectivity index (χ3n) is 3.09. The lowest BCUT2D eigenvalue weighted by Crippen LogP contribution is -2.42. The van der Waals surface area contributed by atoms with E-state index in [0.717, 1.165) is 12.1 Å². The minimum absolute atomic E-state index is 0.161. The van der Waals surface area contributed by atoms with Crippen molar-refractivity contribution in [3.05, 3.63) is 64.7 Å². The van der Waals surface area contributed by atoms with Crippen LogP contribution in [0.2, 0.25) is 5.02 Å². The molecule has 0 radical (unpaired) electrons. The molecule has 0 spiro atoms. The number of hydrogen-bond acceptors (Lipinski definition) is 3. The van der Waals surface area contributed by atoms with Crippen LogP contribution in [0.25, 0.3) is 0 Å². The zero-order valence-corrected chi connectivity index (χ0v) is 13.4. The molecule has 0 aliphatic rings. The van der Waals surface area contributed by atoms with Gasteiger partial charge in [0.05, 0.1) is 16.3 Å². The molecule has 2 amide bonds. The normalized spacial score (nSPS) is 10.9. The van der Waals surface area contributed by atoms with Crippen LogP contribution in [0.3, 0.4) is 0 Å². The van der Waals surface area contributed by atoms with Crippen LogP contribution in [0.4, 0.5) is 18.9 Å². The molecule has 0 unspecified atom stereocenters. The Morgan fingerprint density at radius 3 is 2.32 bits per heavy atom. The van der Waals surface area contributed by atoms with Crippen LogP contribution in [-0.4, -0.2) is 11.8 Å². The Balaban J connectivity index is 1.90. The van der Waals surface area contributed by atoms with E-state index in [0.29, 0.717) is 5.69 Å². The molecule has 2 rings (SSSR count). The topological polar surface area (TPSA) is 70.2 Å². The van der Waals surface area contributed by atoms with Gasteiger partial charge in [-0.3, -0.25) is 20.4 Å². The van der Waals surface area contributed by atoms with Gasteiger partial charge in [0, 0.05) is 6.54 Å². The van der Waals surface area contributed by atoms with Crippen molar-refractivity contribution in [1.82, 2.24) is 10.7 Å². The van der Waals surface area contributed by atoms with Crippen LogP contribution < -0.4 is 16.2 Å². The van der Waals surface area contributed by atoms with Crippen molar-refractivity contribution in [1.29, 1.82) is 0 Å². The number of anilines is 1. The molecule has 0 heterocycles. The van der Waals surface area contributed by atoms with E-state index in [-0.39, 0.29) is 12.1 Å². The highest BCUT2D eigenvalue weighted by molar-refractivity contribution is 6.35. The first-order valence-electron chi connectivity index (χ1n) is 7.02. The second kappa shape index (κ2) is 7.89. The van der Waals surface area contributed by atoms with E-state index in [2.05, 4.69) is 16.2 Å². The van der Waals surface area contributed by atoms with Crippen molar-refractivity contribution >= 4 is 29.1 Å². The summed E-state index contributed by atoms with van der Waals surface area (Å²) in [6, 6.07) is 11.8. The summed E-state index contributed by atoms with van der Waals surface area (Å²) in [6.45, 7) is -0.252. The molecular weight excluding hydrogens is 359 g/mol. The van der Waals surface area contributed by atoms with Crippen molar-refractivity contribution in [2.75, 3.05) is 5.43 Å². The quantitative estimate of drug-likeness (QED) is 0.571. The number of carbonyl (C=O) groups is 2. The Kier molecular flexibility index (Phi) is 5.87. The number of rotatable bonds is 4. The smallest absolute Gasteiger partial charge is 0.344 e. The third kappa shape index (κ3) is 5.39. The minimum Gasteiger partial charge on any atom is -0.344 e. The number of alkyl halides is 3. The molecule has 3 N–H and O–H groups in total. The maximum atomic E-state index is 12.8. The fourth-order valence-electron chi connectivity index (χ4n) is 1.87. The highest BCUT2D eigenvalue weighted by Crippen LogP contribution is 2.35. The molecule has 0 aromatic heterocycles. The lowest BCUT2D eigenvalue weighted by atomic mass is 10.1. The van der Waals surface area contributed by atoms with Gasteiger partial charge in [0.25, 0.3) is 0 Å². The Labute approximate surface area is 146 Å². The fraction of sp³-hybridized carbons (Fsp3) is 0.125. The molecule has 132 valence electrons. The summed E-state index contributed by atoms with van der Waals surface area (Å²) in [4.78, 5) is 23.3. The summed E-state index contributed by atoms with van der Waals surface area (Å²) in [5, 5.41) is 1.79. The third-order valence-corrected chi connectivity index (χ3v) is 3.42. The van der Waals surface area contributed by atoms with Crippen LogP contribution in [0, 0.1) is 0 Å².